The molecule has 1 aromatic rings. The lowest BCUT2D eigenvalue weighted by molar-refractivity contribution is 0.0913. The molecule has 1 unspecified atom stereocenters. The standard InChI is InChI=1S/C17H27N3/c1-15-7-10-20(13-15)17(14-18)8-11-19(12-9-17)16-5-3-2-4-6-16/h2-6,15H,7-14,18H2,1H3. The third-order valence-corrected chi connectivity index (χ3v) is 5.29. The minimum atomic E-state index is 0.260. The first-order chi connectivity index (χ1) is 9.73. The Kier molecular flexibility index (Phi) is 3.99. The molecule has 0 aliphatic carbocycles. The zero-order valence-corrected chi connectivity index (χ0v) is 12.6. The van der Waals surface area contributed by atoms with E-state index < -0.39 is 0 Å². The number of likely N-dealkylation sites (tertiary alicyclic amines) is 1. The molecule has 0 spiro atoms. The van der Waals surface area contributed by atoms with Crippen molar-refractivity contribution in [2.24, 2.45) is 11.7 Å². The number of nitrogens with zero attached hydrogens (tertiary/aromatic N) is 2. The van der Waals surface area contributed by atoms with Crippen LogP contribution < -0.4 is 10.6 Å². The van der Waals surface area contributed by atoms with Crippen molar-refractivity contribution >= 4 is 5.69 Å². The van der Waals surface area contributed by atoms with E-state index in [-0.39, 0.29) is 5.54 Å². The lowest BCUT2D eigenvalue weighted by Gasteiger charge is -2.47. The molecule has 0 aromatic heterocycles. The zero-order chi connectivity index (χ0) is 14.0. The van der Waals surface area contributed by atoms with Gasteiger partial charge >= 0.3 is 0 Å². The number of hydrogen-bond acceptors (Lipinski definition) is 3. The monoisotopic (exact) mass is 273 g/mol. The van der Waals surface area contributed by atoms with Gasteiger partial charge in [0.15, 0.2) is 0 Å². The molecule has 2 aliphatic heterocycles. The van der Waals surface area contributed by atoms with Gasteiger partial charge in [0.25, 0.3) is 0 Å². The quantitative estimate of drug-likeness (QED) is 0.917. The third-order valence-electron chi connectivity index (χ3n) is 5.29. The maximum absolute atomic E-state index is 6.19. The topological polar surface area (TPSA) is 32.5 Å². The van der Waals surface area contributed by atoms with Crippen LogP contribution in [0.1, 0.15) is 26.2 Å². The molecule has 0 radical (unpaired) electrons. The van der Waals surface area contributed by atoms with Gasteiger partial charge in [-0.05, 0) is 43.9 Å². The molecule has 3 nitrogen and oxygen atoms in total. The van der Waals surface area contributed by atoms with E-state index in [9.17, 15) is 0 Å². The fourth-order valence-electron chi connectivity index (χ4n) is 3.84. The summed E-state index contributed by atoms with van der Waals surface area (Å²) in [7, 11) is 0. The van der Waals surface area contributed by atoms with Gasteiger partial charge in [-0.3, -0.25) is 4.90 Å². The number of para-hydroxylation sites is 1. The van der Waals surface area contributed by atoms with Crippen molar-refractivity contribution in [3.8, 4) is 0 Å². The van der Waals surface area contributed by atoms with Gasteiger partial charge in [-0.15, -0.1) is 0 Å². The van der Waals surface area contributed by atoms with E-state index in [1.54, 1.807) is 0 Å². The van der Waals surface area contributed by atoms with Crippen molar-refractivity contribution < 1.29 is 0 Å². The molecule has 2 aliphatic rings. The molecule has 1 aromatic carbocycles. The van der Waals surface area contributed by atoms with Crippen LogP contribution in [0.3, 0.4) is 0 Å². The molecule has 0 bridgehead atoms. The SMILES string of the molecule is CC1CCN(C2(CN)CCN(c3ccccc3)CC2)C1. The van der Waals surface area contributed by atoms with E-state index in [0.29, 0.717) is 0 Å². The molecule has 1 atom stereocenters. The van der Waals surface area contributed by atoms with Crippen molar-refractivity contribution in [2.45, 2.75) is 31.7 Å². The molecular formula is C17H27N3. The summed E-state index contributed by atoms with van der Waals surface area (Å²) >= 11 is 0. The van der Waals surface area contributed by atoms with Gasteiger partial charge in [-0.2, -0.15) is 0 Å². The molecule has 20 heavy (non-hydrogen) atoms. The number of piperidine rings is 1. The zero-order valence-electron chi connectivity index (χ0n) is 12.6. The molecule has 2 N–H and O–H groups in total. The number of hydrogen-bond donors (Lipinski definition) is 1. The first-order valence-electron chi connectivity index (χ1n) is 7.99. The molecule has 110 valence electrons. The fourth-order valence-corrected chi connectivity index (χ4v) is 3.84. The molecule has 0 amide bonds. The van der Waals surface area contributed by atoms with Crippen LogP contribution in [0.15, 0.2) is 30.3 Å². The highest BCUT2D eigenvalue weighted by Crippen LogP contribution is 2.34. The van der Waals surface area contributed by atoms with Crippen molar-refractivity contribution in [1.29, 1.82) is 0 Å². The second-order valence-electron chi connectivity index (χ2n) is 6.59. The first kappa shape index (κ1) is 13.9. The summed E-state index contributed by atoms with van der Waals surface area (Å²) in [6.45, 7) is 7.91. The molecular weight excluding hydrogens is 246 g/mol. The van der Waals surface area contributed by atoms with Crippen LogP contribution in [0.5, 0.6) is 0 Å². The Bertz CT molecular complexity index is 423. The van der Waals surface area contributed by atoms with Crippen LogP contribution >= 0.6 is 0 Å². The van der Waals surface area contributed by atoms with E-state index in [4.69, 9.17) is 5.73 Å². The number of rotatable bonds is 3. The predicted octanol–water partition coefficient (Wildman–Crippen LogP) is 2.33. The molecule has 2 heterocycles. The molecule has 2 saturated heterocycles. The summed E-state index contributed by atoms with van der Waals surface area (Å²) in [5, 5.41) is 0. The Morgan fingerprint density at radius 2 is 1.85 bits per heavy atom. The van der Waals surface area contributed by atoms with Crippen molar-refractivity contribution in [2.75, 3.05) is 37.6 Å². The Labute approximate surface area is 122 Å². The van der Waals surface area contributed by atoms with Crippen LogP contribution in [-0.4, -0.2) is 43.2 Å². The summed E-state index contributed by atoms with van der Waals surface area (Å²) in [5.41, 5.74) is 7.80. The highest BCUT2D eigenvalue weighted by molar-refractivity contribution is 5.46. The second-order valence-corrected chi connectivity index (χ2v) is 6.59. The van der Waals surface area contributed by atoms with Gasteiger partial charge in [0.2, 0.25) is 0 Å². The molecule has 2 fully saturated rings. The number of nitrogens with two attached hydrogens (primary N) is 1. The van der Waals surface area contributed by atoms with Crippen LogP contribution in [0, 0.1) is 5.92 Å². The Morgan fingerprint density at radius 3 is 2.40 bits per heavy atom. The highest BCUT2D eigenvalue weighted by atomic mass is 15.3. The largest absolute Gasteiger partial charge is 0.371 e. The maximum atomic E-state index is 6.19. The summed E-state index contributed by atoms with van der Waals surface area (Å²) < 4.78 is 0. The lowest BCUT2D eigenvalue weighted by atomic mass is 9.85. The van der Waals surface area contributed by atoms with E-state index in [2.05, 4.69) is 47.1 Å². The fraction of sp³-hybridized carbons (Fsp3) is 0.647. The summed E-state index contributed by atoms with van der Waals surface area (Å²) in [6.07, 6.45) is 3.74. The summed E-state index contributed by atoms with van der Waals surface area (Å²) in [4.78, 5) is 5.19. The van der Waals surface area contributed by atoms with Gasteiger partial charge in [0, 0.05) is 37.4 Å². The van der Waals surface area contributed by atoms with Gasteiger partial charge in [-0.25, -0.2) is 0 Å². The minimum absolute atomic E-state index is 0.260. The van der Waals surface area contributed by atoms with E-state index >= 15 is 0 Å². The number of anilines is 1. The van der Waals surface area contributed by atoms with Gasteiger partial charge in [0.1, 0.15) is 0 Å². The van der Waals surface area contributed by atoms with Crippen LogP contribution in [0.25, 0.3) is 0 Å². The van der Waals surface area contributed by atoms with Crippen molar-refractivity contribution in [3.05, 3.63) is 30.3 Å². The van der Waals surface area contributed by atoms with Crippen LogP contribution in [0.4, 0.5) is 5.69 Å². The van der Waals surface area contributed by atoms with E-state index in [1.807, 2.05) is 0 Å². The minimum Gasteiger partial charge on any atom is -0.371 e. The van der Waals surface area contributed by atoms with Crippen molar-refractivity contribution in [3.63, 3.8) is 0 Å². The molecule has 0 saturated carbocycles. The normalized spacial score (nSPS) is 26.9. The van der Waals surface area contributed by atoms with Gasteiger partial charge < -0.3 is 10.6 Å². The predicted molar refractivity (Wildman–Crippen MR) is 85.0 cm³/mol. The number of benzene rings is 1. The molecule has 3 heteroatoms. The van der Waals surface area contributed by atoms with Crippen molar-refractivity contribution in [1.82, 2.24) is 4.90 Å². The smallest absolute Gasteiger partial charge is 0.0366 e. The van der Waals surface area contributed by atoms with Crippen LogP contribution in [-0.2, 0) is 0 Å². The Hall–Kier alpha value is -1.06. The summed E-state index contributed by atoms with van der Waals surface area (Å²) in [5.74, 6) is 0.838. The van der Waals surface area contributed by atoms with Gasteiger partial charge in [-0.1, -0.05) is 25.1 Å². The van der Waals surface area contributed by atoms with E-state index in [0.717, 1.165) is 25.6 Å². The lowest BCUT2D eigenvalue weighted by Crippen LogP contribution is -2.58. The Balaban J connectivity index is 1.67. The Morgan fingerprint density at radius 1 is 1.15 bits per heavy atom. The summed E-state index contributed by atoms with van der Waals surface area (Å²) in [6, 6.07) is 10.8. The maximum Gasteiger partial charge on any atom is 0.0366 e. The average Bonchev–Trinajstić information content (AvgIpc) is 2.95. The average molecular weight is 273 g/mol. The highest BCUT2D eigenvalue weighted by Gasteiger charge is 2.41. The first-order valence-corrected chi connectivity index (χ1v) is 7.99. The van der Waals surface area contributed by atoms with Crippen LogP contribution in [0.2, 0.25) is 0 Å². The van der Waals surface area contributed by atoms with E-state index in [1.165, 1.54) is 38.0 Å². The van der Waals surface area contributed by atoms with Gasteiger partial charge in [0.05, 0.1) is 0 Å². The second kappa shape index (κ2) is 5.74. The molecule has 3 rings (SSSR count). The third kappa shape index (κ3) is 2.57.